The van der Waals surface area contributed by atoms with E-state index in [1.54, 1.807) is 12.1 Å². The molecule has 2 saturated carbocycles. The monoisotopic (exact) mass is 525 g/mol. The van der Waals surface area contributed by atoms with Crippen LogP contribution in [0.5, 0.6) is 5.75 Å². The van der Waals surface area contributed by atoms with Crippen molar-refractivity contribution in [3.8, 4) is 17.0 Å². The van der Waals surface area contributed by atoms with Crippen molar-refractivity contribution in [2.45, 2.75) is 43.6 Å². The fraction of sp³-hybridized carbons (Fsp3) is 0.259. The van der Waals surface area contributed by atoms with E-state index in [-0.39, 0.29) is 6.61 Å². The van der Waals surface area contributed by atoms with Crippen molar-refractivity contribution in [2.24, 2.45) is 0 Å². The molecule has 178 valence electrons. The Balaban J connectivity index is 1.22. The molecule has 2 heterocycles. The molecule has 5 nitrogen and oxygen atoms in total. The van der Waals surface area contributed by atoms with Gasteiger partial charge in [0.15, 0.2) is 0 Å². The highest BCUT2D eigenvalue weighted by atomic mass is 35.5. The zero-order valence-corrected chi connectivity index (χ0v) is 20.9. The lowest BCUT2D eigenvalue weighted by molar-refractivity contribution is 0.300. The molecule has 2 aromatic heterocycles. The second-order valence-electron chi connectivity index (χ2n) is 9.18. The van der Waals surface area contributed by atoms with Crippen molar-refractivity contribution in [2.75, 3.05) is 5.73 Å². The van der Waals surface area contributed by atoms with E-state index < -0.39 is 0 Å². The van der Waals surface area contributed by atoms with Crippen LogP contribution in [-0.2, 0) is 6.61 Å². The number of hydrogen-bond donors (Lipinski definition) is 1. The third kappa shape index (κ3) is 4.49. The lowest BCUT2D eigenvalue weighted by Gasteiger charge is -2.11. The van der Waals surface area contributed by atoms with Crippen LogP contribution in [0.15, 0.2) is 59.3 Å². The van der Waals surface area contributed by atoms with Gasteiger partial charge < -0.3 is 15.0 Å². The molecule has 6 rings (SSSR count). The van der Waals surface area contributed by atoms with Crippen molar-refractivity contribution in [1.82, 2.24) is 10.1 Å². The molecule has 0 bridgehead atoms. The lowest BCUT2D eigenvalue weighted by Crippen LogP contribution is -2.00. The second kappa shape index (κ2) is 9.05. The minimum Gasteiger partial charge on any atom is -0.489 e. The van der Waals surface area contributed by atoms with Crippen molar-refractivity contribution in [3.63, 3.8) is 0 Å². The van der Waals surface area contributed by atoms with Gasteiger partial charge in [0.2, 0.25) is 0 Å². The van der Waals surface area contributed by atoms with E-state index in [4.69, 9.17) is 49.8 Å². The summed E-state index contributed by atoms with van der Waals surface area (Å²) >= 11 is 19.6. The van der Waals surface area contributed by atoms with Crippen LogP contribution in [0.4, 0.5) is 5.82 Å². The number of nitrogen functional groups attached to an aromatic ring is 1. The summed E-state index contributed by atoms with van der Waals surface area (Å²) in [7, 11) is 0. The Morgan fingerprint density at radius 1 is 0.971 bits per heavy atom. The maximum atomic E-state index is 6.68. The number of aromatic nitrogens is 2. The molecular formula is C27H22Cl3N3O2. The Labute approximate surface area is 218 Å². The van der Waals surface area contributed by atoms with Gasteiger partial charge in [0, 0.05) is 22.7 Å². The number of halogens is 3. The van der Waals surface area contributed by atoms with E-state index in [9.17, 15) is 0 Å². The largest absolute Gasteiger partial charge is 0.489 e. The van der Waals surface area contributed by atoms with Gasteiger partial charge in [-0.05, 0) is 72.6 Å². The SMILES string of the molecule is Nc1ccc(C2CC2c2ccc(OCc3c(-c4c(Cl)cccc4Cl)noc3C3CC3)cc2Cl)cn1. The summed E-state index contributed by atoms with van der Waals surface area (Å²) in [6.45, 7) is 0.283. The summed E-state index contributed by atoms with van der Waals surface area (Å²) in [5.41, 5.74) is 10.2. The van der Waals surface area contributed by atoms with Crippen LogP contribution in [0.3, 0.4) is 0 Å². The minimum absolute atomic E-state index is 0.283. The summed E-state index contributed by atoms with van der Waals surface area (Å²) in [6.07, 6.45) is 5.04. The molecule has 8 heteroatoms. The van der Waals surface area contributed by atoms with Gasteiger partial charge in [-0.25, -0.2) is 4.98 Å². The lowest BCUT2D eigenvalue weighted by atomic mass is 10.0. The van der Waals surface area contributed by atoms with Crippen LogP contribution in [0.1, 0.15) is 59.5 Å². The molecule has 2 atom stereocenters. The first-order chi connectivity index (χ1) is 17.0. The maximum Gasteiger partial charge on any atom is 0.147 e. The van der Waals surface area contributed by atoms with Crippen molar-refractivity contribution >= 4 is 40.6 Å². The van der Waals surface area contributed by atoms with E-state index in [0.717, 1.165) is 36.1 Å². The molecule has 0 aliphatic heterocycles. The van der Waals surface area contributed by atoms with Crippen LogP contribution in [-0.4, -0.2) is 10.1 Å². The molecule has 2 aromatic carbocycles. The molecule has 0 amide bonds. The van der Waals surface area contributed by atoms with Crippen LogP contribution in [0.2, 0.25) is 15.1 Å². The Bertz CT molecular complexity index is 1380. The molecule has 0 radical (unpaired) electrons. The molecule has 35 heavy (non-hydrogen) atoms. The summed E-state index contributed by atoms with van der Waals surface area (Å²) in [5.74, 6) is 3.20. The van der Waals surface area contributed by atoms with E-state index >= 15 is 0 Å². The first-order valence-electron chi connectivity index (χ1n) is 11.6. The van der Waals surface area contributed by atoms with E-state index in [0.29, 0.717) is 55.6 Å². The Morgan fingerprint density at radius 2 is 1.77 bits per heavy atom. The Hall–Kier alpha value is -2.73. The minimum atomic E-state index is 0.283. The zero-order chi connectivity index (χ0) is 24.1. The molecule has 0 saturated heterocycles. The number of nitrogens with zero attached hydrogens (tertiary/aromatic N) is 2. The van der Waals surface area contributed by atoms with Gasteiger partial charge in [-0.3, -0.25) is 0 Å². The summed E-state index contributed by atoms with van der Waals surface area (Å²) in [4.78, 5) is 4.21. The standard InChI is InChI=1S/C27H22Cl3N3O2/c28-21-2-1-3-22(29)25(21)26-20(27(35-33-26)14-4-5-14)13-34-16-7-8-17(23(30)10-16)19-11-18(19)15-6-9-24(31)32-12-15/h1-3,6-10,12,14,18-19H,4-5,11,13H2,(H2,31,32). The zero-order valence-electron chi connectivity index (χ0n) is 18.7. The molecular weight excluding hydrogens is 505 g/mol. The van der Waals surface area contributed by atoms with E-state index in [2.05, 4.69) is 10.1 Å². The Morgan fingerprint density at radius 3 is 2.46 bits per heavy atom. The highest BCUT2D eigenvalue weighted by molar-refractivity contribution is 6.39. The molecule has 2 aliphatic carbocycles. The first kappa shape index (κ1) is 22.7. The van der Waals surface area contributed by atoms with E-state index in [1.807, 2.05) is 42.6 Å². The maximum absolute atomic E-state index is 6.68. The summed E-state index contributed by atoms with van der Waals surface area (Å²) in [6, 6.07) is 15.2. The molecule has 0 spiro atoms. The normalized spacial score (nSPS) is 19.1. The summed E-state index contributed by atoms with van der Waals surface area (Å²) < 4.78 is 11.9. The van der Waals surface area contributed by atoms with Gasteiger partial charge in [0.25, 0.3) is 0 Å². The number of anilines is 1. The third-order valence-electron chi connectivity index (χ3n) is 6.75. The van der Waals surface area contributed by atoms with Crippen molar-refractivity contribution in [3.05, 3.63) is 92.2 Å². The van der Waals surface area contributed by atoms with Crippen LogP contribution in [0, 0.1) is 0 Å². The molecule has 2 fully saturated rings. The van der Waals surface area contributed by atoms with Gasteiger partial charge in [-0.1, -0.05) is 58.2 Å². The average molecular weight is 527 g/mol. The fourth-order valence-corrected chi connectivity index (χ4v) is 5.53. The smallest absolute Gasteiger partial charge is 0.147 e. The quantitative estimate of drug-likeness (QED) is 0.264. The Kier molecular flexibility index (Phi) is 5.87. The number of ether oxygens (including phenoxy) is 1. The van der Waals surface area contributed by atoms with Crippen molar-refractivity contribution < 1.29 is 9.26 Å². The number of rotatable bonds is 7. The van der Waals surface area contributed by atoms with Crippen LogP contribution >= 0.6 is 34.8 Å². The van der Waals surface area contributed by atoms with Crippen LogP contribution < -0.4 is 10.5 Å². The second-order valence-corrected chi connectivity index (χ2v) is 10.4. The molecule has 2 unspecified atom stereocenters. The van der Waals surface area contributed by atoms with Gasteiger partial charge in [-0.2, -0.15) is 0 Å². The molecule has 2 aliphatic rings. The van der Waals surface area contributed by atoms with Crippen LogP contribution in [0.25, 0.3) is 11.3 Å². The molecule has 2 N–H and O–H groups in total. The molecule has 4 aromatic rings. The van der Waals surface area contributed by atoms with Gasteiger partial charge in [0.1, 0.15) is 29.6 Å². The first-order valence-corrected chi connectivity index (χ1v) is 12.7. The fourth-order valence-electron chi connectivity index (χ4n) is 4.65. The van der Waals surface area contributed by atoms with Crippen molar-refractivity contribution in [1.29, 1.82) is 0 Å². The predicted octanol–water partition coefficient (Wildman–Crippen LogP) is 8.01. The third-order valence-corrected chi connectivity index (χ3v) is 7.71. The average Bonchev–Trinajstić information content (AvgIpc) is 3.77. The highest BCUT2D eigenvalue weighted by Gasteiger charge is 2.41. The number of benzene rings is 2. The van der Waals surface area contributed by atoms with Gasteiger partial charge in [0.05, 0.1) is 15.6 Å². The number of nitrogens with two attached hydrogens (primary N) is 1. The van der Waals surface area contributed by atoms with Gasteiger partial charge in [-0.15, -0.1) is 0 Å². The topological polar surface area (TPSA) is 74.2 Å². The summed E-state index contributed by atoms with van der Waals surface area (Å²) in [5, 5.41) is 6.07. The number of pyridine rings is 1. The van der Waals surface area contributed by atoms with E-state index in [1.165, 1.54) is 5.56 Å². The highest BCUT2D eigenvalue weighted by Crippen LogP contribution is 2.56. The predicted molar refractivity (Wildman–Crippen MR) is 138 cm³/mol. The number of hydrogen-bond acceptors (Lipinski definition) is 5. The van der Waals surface area contributed by atoms with Gasteiger partial charge >= 0.3 is 0 Å².